The van der Waals surface area contributed by atoms with Gasteiger partial charge in [-0.05, 0) is 20.8 Å². The first kappa shape index (κ1) is 21.9. The summed E-state index contributed by atoms with van der Waals surface area (Å²) in [7, 11) is 0. The Hall–Kier alpha value is -3.11. The molecule has 0 aliphatic rings. The number of H-pyrrole nitrogens is 1. The molecule has 0 aliphatic heterocycles. The highest BCUT2D eigenvalue weighted by Gasteiger charge is 2.25. The van der Waals surface area contributed by atoms with Crippen molar-refractivity contribution in [1.29, 1.82) is 0 Å². The number of nitrogens with one attached hydrogen (secondary N) is 5. The zero-order chi connectivity index (χ0) is 20.4. The molecule has 0 saturated heterocycles. The minimum Gasteiger partial charge on any atom is -0.444 e. The highest BCUT2D eigenvalue weighted by molar-refractivity contribution is 5.90. The van der Waals surface area contributed by atoms with E-state index in [1.54, 1.807) is 27.7 Å². The van der Waals surface area contributed by atoms with Crippen molar-refractivity contribution in [2.75, 3.05) is 6.54 Å². The summed E-state index contributed by atoms with van der Waals surface area (Å²) in [5, 5.41) is 4.87. The number of hydrogen-bond acceptors (Lipinski definition) is 6. The molecule has 0 fully saturated rings. The third kappa shape index (κ3) is 9.23. The lowest BCUT2D eigenvalue weighted by Gasteiger charge is -2.23. The minimum atomic E-state index is -0.988. The Morgan fingerprint density at radius 1 is 1.19 bits per heavy atom. The van der Waals surface area contributed by atoms with Crippen LogP contribution in [0.3, 0.4) is 0 Å². The topological polar surface area (TPSA) is 154 Å². The van der Waals surface area contributed by atoms with Crippen molar-refractivity contribution in [2.24, 2.45) is 0 Å². The van der Waals surface area contributed by atoms with Gasteiger partial charge in [-0.3, -0.25) is 25.2 Å². The predicted octanol–water partition coefficient (Wildman–Crippen LogP) is -0.481. The van der Waals surface area contributed by atoms with Gasteiger partial charge in [-0.15, -0.1) is 0 Å². The van der Waals surface area contributed by atoms with Crippen LogP contribution in [0.4, 0.5) is 4.79 Å². The molecule has 11 heteroatoms. The monoisotopic (exact) mass is 382 g/mol. The Balaban J connectivity index is 2.62. The van der Waals surface area contributed by atoms with Gasteiger partial charge in [0.1, 0.15) is 11.6 Å². The zero-order valence-corrected chi connectivity index (χ0v) is 15.8. The molecular weight excluding hydrogens is 356 g/mol. The Kier molecular flexibility index (Phi) is 8.24. The lowest BCUT2D eigenvalue weighted by molar-refractivity contribution is -0.130. The van der Waals surface area contributed by atoms with E-state index in [9.17, 15) is 19.2 Å². The fraction of sp³-hybridized carbons (Fsp3) is 0.562. The van der Waals surface area contributed by atoms with Gasteiger partial charge in [0.15, 0.2) is 0 Å². The molecule has 0 bridgehead atoms. The van der Waals surface area contributed by atoms with E-state index in [0.29, 0.717) is 5.69 Å². The summed E-state index contributed by atoms with van der Waals surface area (Å²) in [5.41, 5.74) is 4.24. The second-order valence-corrected chi connectivity index (χ2v) is 6.65. The number of hydrazine groups is 1. The van der Waals surface area contributed by atoms with Gasteiger partial charge in [0, 0.05) is 24.7 Å². The van der Waals surface area contributed by atoms with E-state index < -0.39 is 29.6 Å². The average Bonchev–Trinajstić information content (AvgIpc) is 3.08. The lowest BCUT2D eigenvalue weighted by Crippen LogP contribution is -2.52. The molecule has 1 atom stereocenters. The van der Waals surface area contributed by atoms with Crippen molar-refractivity contribution in [1.82, 2.24) is 31.5 Å². The maximum atomic E-state index is 12.4. The van der Waals surface area contributed by atoms with Crippen LogP contribution in [0.1, 0.15) is 39.8 Å². The zero-order valence-electron chi connectivity index (χ0n) is 15.8. The molecule has 0 saturated carbocycles. The molecule has 1 aromatic heterocycles. The summed E-state index contributed by atoms with van der Waals surface area (Å²) >= 11 is 0. The molecule has 0 spiro atoms. The Bertz CT molecular complexity index is 653. The summed E-state index contributed by atoms with van der Waals surface area (Å²) in [6, 6.07) is -0.988. The van der Waals surface area contributed by atoms with Crippen LogP contribution in [0.15, 0.2) is 12.5 Å². The molecule has 5 N–H and O–H groups in total. The van der Waals surface area contributed by atoms with Gasteiger partial charge in [-0.1, -0.05) is 6.92 Å². The number of carbonyl (C=O) groups is 4. The number of alkyl carbamates (subject to hydrolysis) is 1. The summed E-state index contributed by atoms with van der Waals surface area (Å²) in [4.78, 5) is 53.8. The summed E-state index contributed by atoms with van der Waals surface area (Å²) in [6.07, 6.45) is 2.53. The van der Waals surface area contributed by atoms with Crippen LogP contribution in [0.25, 0.3) is 0 Å². The molecule has 1 rings (SSSR count). The molecule has 1 aromatic rings. The molecule has 11 nitrogen and oxygen atoms in total. The number of carbonyl (C=O) groups excluding carboxylic acids is 4. The molecule has 0 aromatic carbocycles. The van der Waals surface area contributed by atoms with Gasteiger partial charge >= 0.3 is 6.09 Å². The maximum Gasteiger partial charge on any atom is 0.408 e. The van der Waals surface area contributed by atoms with Gasteiger partial charge in [0.25, 0.3) is 5.91 Å². The third-order valence-corrected chi connectivity index (χ3v) is 3.07. The number of amides is 4. The van der Waals surface area contributed by atoms with Gasteiger partial charge in [-0.2, -0.15) is 0 Å². The van der Waals surface area contributed by atoms with Gasteiger partial charge in [0.2, 0.25) is 11.8 Å². The van der Waals surface area contributed by atoms with Crippen molar-refractivity contribution >= 4 is 23.8 Å². The van der Waals surface area contributed by atoms with E-state index in [0.717, 1.165) is 0 Å². The summed E-state index contributed by atoms with van der Waals surface area (Å²) in [5.74, 6) is -1.56. The fourth-order valence-electron chi connectivity index (χ4n) is 1.84. The molecule has 0 unspecified atom stereocenters. The first-order valence-corrected chi connectivity index (χ1v) is 8.43. The third-order valence-electron chi connectivity index (χ3n) is 3.07. The molecule has 150 valence electrons. The molecular formula is C16H26N6O5. The number of imidazole rings is 1. The molecule has 0 aliphatic carbocycles. The number of ether oxygens (including phenoxy) is 1. The number of hydrogen-bond donors (Lipinski definition) is 5. The number of aromatic amines is 1. The number of nitrogens with zero attached hydrogens (tertiary/aromatic N) is 1. The average molecular weight is 382 g/mol. The quantitative estimate of drug-likeness (QED) is 0.401. The highest BCUT2D eigenvalue weighted by atomic mass is 16.6. The van der Waals surface area contributed by atoms with Crippen LogP contribution in [0.2, 0.25) is 0 Å². The van der Waals surface area contributed by atoms with Crippen molar-refractivity contribution in [3.63, 3.8) is 0 Å². The van der Waals surface area contributed by atoms with Crippen LogP contribution in [0, 0.1) is 0 Å². The Morgan fingerprint density at radius 2 is 1.85 bits per heavy atom. The maximum absolute atomic E-state index is 12.4. The van der Waals surface area contributed by atoms with Crippen LogP contribution < -0.4 is 21.5 Å². The van der Waals surface area contributed by atoms with Gasteiger partial charge in [-0.25, -0.2) is 9.78 Å². The largest absolute Gasteiger partial charge is 0.444 e. The van der Waals surface area contributed by atoms with Crippen LogP contribution in [-0.2, 0) is 25.5 Å². The Labute approximate surface area is 157 Å². The molecule has 4 amide bonds. The standard InChI is InChI=1S/C16H26N6O5/c1-5-12(23)21-22-13(24)8-18-14(25)11(6-10-7-17-9-19-10)20-15(26)27-16(2,3)4/h7,9,11H,5-6,8H2,1-4H3,(H,17,19)(H,18,25)(H,20,26)(H,21,23)(H,22,24)/t11-/m1/s1. The SMILES string of the molecule is CCC(=O)NNC(=O)CNC(=O)[C@@H](Cc1cnc[nH]1)NC(=O)OC(C)(C)C. The second-order valence-electron chi connectivity index (χ2n) is 6.65. The van der Waals surface area contributed by atoms with Crippen LogP contribution in [0.5, 0.6) is 0 Å². The highest BCUT2D eigenvalue weighted by Crippen LogP contribution is 2.07. The number of aromatic nitrogens is 2. The first-order valence-electron chi connectivity index (χ1n) is 8.43. The van der Waals surface area contributed by atoms with Gasteiger partial charge < -0.3 is 20.4 Å². The molecule has 27 heavy (non-hydrogen) atoms. The minimum absolute atomic E-state index is 0.124. The first-order chi connectivity index (χ1) is 12.6. The lowest BCUT2D eigenvalue weighted by atomic mass is 10.1. The van der Waals surface area contributed by atoms with E-state index in [4.69, 9.17) is 4.74 Å². The normalized spacial score (nSPS) is 11.9. The van der Waals surface area contributed by atoms with E-state index in [-0.39, 0.29) is 25.3 Å². The van der Waals surface area contributed by atoms with Crippen LogP contribution >= 0.6 is 0 Å². The fourth-order valence-corrected chi connectivity index (χ4v) is 1.84. The van der Waals surface area contributed by atoms with E-state index in [1.165, 1.54) is 12.5 Å². The Morgan fingerprint density at radius 3 is 2.41 bits per heavy atom. The second kappa shape index (κ2) is 10.1. The van der Waals surface area contributed by atoms with E-state index in [1.807, 2.05) is 0 Å². The van der Waals surface area contributed by atoms with Crippen molar-refractivity contribution in [3.05, 3.63) is 18.2 Å². The predicted molar refractivity (Wildman–Crippen MR) is 95.0 cm³/mol. The van der Waals surface area contributed by atoms with Crippen LogP contribution in [-0.4, -0.2) is 52.0 Å². The summed E-state index contributed by atoms with van der Waals surface area (Å²) < 4.78 is 5.16. The van der Waals surface area contributed by atoms with Crippen molar-refractivity contribution in [2.45, 2.75) is 52.2 Å². The van der Waals surface area contributed by atoms with Crippen molar-refractivity contribution in [3.8, 4) is 0 Å². The smallest absolute Gasteiger partial charge is 0.408 e. The number of rotatable bonds is 7. The van der Waals surface area contributed by atoms with E-state index in [2.05, 4.69) is 31.5 Å². The molecule has 1 heterocycles. The van der Waals surface area contributed by atoms with E-state index >= 15 is 0 Å². The molecule has 0 radical (unpaired) electrons. The summed E-state index contributed by atoms with van der Waals surface area (Å²) in [6.45, 7) is 6.35. The van der Waals surface area contributed by atoms with Crippen molar-refractivity contribution < 1.29 is 23.9 Å². The van der Waals surface area contributed by atoms with Gasteiger partial charge in [0.05, 0.1) is 12.9 Å².